The summed E-state index contributed by atoms with van der Waals surface area (Å²) in [5.41, 5.74) is -1.24. The molecular weight excluding hydrogens is 444 g/mol. The quantitative estimate of drug-likeness (QED) is 0.467. The van der Waals surface area contributed by atoms with Crippen molar-refractivity contribution in [1.82, 2.24) is 25.0 Å². The molecule has 162 valence electrons. The van der Waals surface area contributed by atoms with Crippen LogP contribution in [0.4, 0.5) is 17.6 Å². The lowest BCUT2D eigenvalue weighted by atomic mass is 10.1. The molecule has 1 aromatic carbocycles. The molecule has 0 saturated heterocycles. The summed E-state index contributed by atoms with van der Waals surface area (Å²) in [6, 6.07) is 2.92. The number of halogens is 5. The van der Waals surface area contributed by atoms with Crippen LogP contribution in [0.15, 0.2) is 35.6 Å². The number of hydrogen-bond acceptors (Lipinski definition) is 6. The first-order valence-corrected chi connectivity index (χ1v) is 9.00. The molecule has 8 nitrogen and oxygen atoms in total. The number of aliphatic hydroxyl groups excluding tert-OH is 1. The van der Waals surface area contributed by atoms with Crippen LogP contribution >= 0.6 is 11.6 Å². The topological polar surface area (TPSA) is 106 Å². The van der Waals surface area contributed by atoms with Gasteiger partial charge in [0, 0.05) is 13.0 Å². The Labute approximate surface area is 177 Å². The number of benzene rings is 1. The number of hydrogen-bond donors (Lipinski definition) is 1. The zero-order chi connectivity index (χ0) is 22.8. The smallest absolute Gasteiger partial charge is 0.396 e. The van der Waals surface area contributed by atoms with E-state index in [1.54, 1.807) is 0 Å². The van der Waals surface area contributed by atoms with Crippen molar-refractivity contribution >= 4 is 23.2 Å². The van der Waals surface area contributed by atoms with E-state index in [4.69, 9.17) is 11.6 Å². The monoisotopic (exact) mass is 456 g/mol. The molecule has 0 spiro atoms. The van der Waals surface area contributed by atoms with E-state index in [9.17, 15) is 27.5 Å². The van der Waals surface area contributed by atoms with Gasteiger partial charge in [-0.25, -0.2) is 19.4 Å². The van der Waals surface area contributed by atoms with Crippen LogP contribution in [-0.2, 0) is 12.6 Å². The van der Waals surface area contributed by atoms with Gasteiger partial charge in [0.05, 0.1) is 39.9 Å². The van der Waals surface area contributed by atoms with Gasteiger partial charge in [0.25, 0.3) is 11.9 Å². The van der Waals surface area contributed by atoms with Crippen LogP contribution in [0.2, 0.25) is 5.02 Å². The fourth-order valence-electron chi connectivity index (χ4n) is 2.67. The van der Waals surface area contributed by atoms with Gasteiger partial charge in [0.1, 0.15) is 5.69 Å². The summed E-state index contributed by atoms with van der Waals surface area (Å²) in [6.07, 6.45) is -2.91. The number of rotatable bonds is 5. The lowest BCUT2D eigenvalue weighted by Gasteiger charge is -2.10. The Morgan fingerprint density at radius 1 is 1.26 bits per heavy atom. The number of aromatic nitrogens is 5. The van der Waals surface area contributed by atoms with Gasteiger partial charge in [-0.3, -0.25) is 4.79 Å². The Kier molecular flexibility index (Phi) is 6.41. The van der Waals surface area contributed by atoms with Gasteiger partial charge in [0.15, 0.2) is 5.82 Å². The molecule has 2 aromatic heterocycles. The summed E-state index contributed by atoms with van der Waals surface area (Å²) in [4.78, 5) is 23.9. The average molecular weight is 457 g/mol. The molecule has 13 heteroatoms. The van der Waals surface area contributed by atoms with Crippen LogP contribution in [0, 0.1) is 5.82 Å². The highest BCUT2D eigenvalue weighted by molar-refractivity contribution is 6.35. The Morgan fingerprint density at radius 2 is 1.94 bits per heavy atom. The Morgan fingerprint density at radius 3 is 2.55 bits per heavy atom. The number of aliphatic imine (C=N–C) groups is 1. The molecule has 3 aromatic rings. The normalized spacial score (nSPS) is 12.3. The summed E-state index contributed by atoms with van der Waals surface area (Å²) in [5.74, 6) is -1.73. The molecule has 0 atom stereocenters. The van der Waals surface area contributed by atoms with Gasteiger partial charge in [0.2, 0.25) is 0 Å². The summed E-state index contributed by atoms with van der Waals surface area (Å²) in [7, 11) is 0. The van der Waals surface area contributed by atoms with Crippen LogP contribution in [0.3, 0.4) is 0 Å². The largest absolute Gasteiger partial charge is 0.417 e. The second-order valence-corrected chi connectivity index (χ2v) is 6.52. The molecule has 0 fully saturated rings. The van der Waals surface area contributed by atoms with Crippen molar-refractivity contribution in [2.45, 2.75) is 19.5 Å². The van der Waals surface area contributed by atoms with Crippen LogP contribution in [0.1, 0.15) is 34.2 Å². The second kappa shape index (κ2) is 8.86. The SMILES string of the molecule is C/C(=N\C(=O)c1cccc(C(F)(F)F)c1Cl)c1nnn(-c2ncc(F)cn2)c1CCO. The first-order valence-electron chi connectivity index (χ1n) is 8.62. The molecule has 0 unspecified atom stereocenters. The Balaban J connectivity index is 2.00. The van der Waals surface area contributed by atoms with Gasteiger partial charge >= 0.3 is 6.18 Å². The van der Waals surface area contributed by atoms with E-state index in [-0.39, 0.29) is 36.1 Å². The minimum Gasteiger partial charge on any atom is -0.396 e. The minimum atomic E-state index is -4.74. The van der Waals surface area contributed by atoms with E-state index in [0.29, 0.717) is 0 Å². The van der Waals surface area contributed by atoms with Crippen LogP contribution in [0.25, 0.3) is 5.95 Å². The molecule has 3 rings (SSSR count). The number of carbonyl (C=O) groups is 1. The predicted octanol–water partition coefficient (Wildman–Crippen LogP) is 3.05. The third-order valence-electron chi connectivity index (χ3n) is 4.05. The number of carbonyl (C=O) groups excluding carboxylic acids is 1. The second-order valence-electron chi connectivity index (χ2n) is 6.14. The van der Waals surface area contributed by atoms with Crippen molar-refractivity contribution in [2.75, 3.05) is 6.61 Å². The highest BCUT2D eigenvalue weighted by Crippen LogP contribution is 2.36. The van der Waals surface area contributed by atoms with E-state index in [0.717, 1.165) is 35.3 Å². The maximum Gasteiger partial charge on any atom is 0.417 e. The number of amides is 1. The molecule has 1 N–H and O–H groups in total. The number of nitrogens with zero attached hydrogens (tertiary/aromatic N) is 6. The van der Waals surface area contributed by atoms with Gasteiger partial charge in [-0.1, -0.05) is 22.9 Å². The van der Waals surface area contributed by atoms with Gasteiger partial charge in [-0.05, 0) is 19.1 Å². The average Bonchev–Trinajstić information content (AvgIpc) is 3.12. The zero-order valence-corrected chi connectivity index (χ0v) is 16.5. The Hall–Kier alpha value is -3.25. The summed E-state index contributed by atoms with van der Waals surface area (Å²) in [5, 5.41) is 16.3. The molecular formula is C18H13ClF4N6O2. The number of aliphatic hydroxyl groups is 1. The predicted molar refractivity (Wildman–Crippen MR) is 101 cm³/mol. The van der Waals surface area contributed by atoms with Crippen molar-refractivity contribution in [1.29, 1.82) is 0 Å². The minimum absolute atomic E-state index is 0.00837. The molecule has 0 saturated carbocycles. The third-order valence-corrected chi connectivity index (χ3v) is 4.46. The fraction of sp³-hybridized carbons (Fsp3) is 0.222. The molecule has 0 aliphatic carbocycles. The van der Waals surface area contributed by atoms with E-state index >= 15 is 0 Å². The third kappa shape index (κ3) is 4.75. The van der Waals surface area contributed by atoms with Gasteiger partial charge in [-0.15, -0.1) is 5.10 Å². The van der Waals surface area contributed by atoms with Crippen LogP contribution in [-0.4, -0.2) is 48.3 Å². The van der Waals surface area contributed by atoms with E-state index in [2.05, 4.69) is 25.3 Å². The zero-order valence-electron chi connectivity index (χ0n) is 15.7. The van der Waals surface area contributed by atoms with Crippen molar-refractivity contribution in [3.8, 4) is 5.95 Å². The molecule has 1 amide bonds. The lowest BCUT2D eigenvalue weighted by molar-refractivity contribution is -0.137. The summed E-state index contributed by atoms with van der Waals surface area (Å²) < 4.78 is 53.3. The van der Waals surface area contributed by atoms with Crippen LogP contribution in [0.5, 0.6) is 0 Å². The number of alkyl halides is 3. The molecule has 0 radical (unpaired) electrons. The maximum absolute atomic E-state index is 13.1. The van der Waals surface area contributed by atoms with Crippen molar-refractivity contribution in [3.05, 3.63) is 63.9 Å². The van der Waals surface area contributed by atoms with E-state index in [1.807, 2.05) is 0 Å². The highest BCUT2D eigenvalue weighted by Gasteiger charge is 2.34. The summed E-state index contributed by atoms with van der Waals surface area (Å²) in [6.45, 7) is 1.06. The van der Waals surface area contributed by atoms with Crippen molar-refractivity contribution in [3.63, 3.8) is 0 Å². The molecule has 0 aliphatic heterocycles. The molecule has 0 bridgehead atoms. The summed E-state index contributed by atoms with van der Waals surface area (Å²) >= 11 is 5.77. The first kappa shape index (κ1) is 22.4. The molecule has 0 aliphatic rings. The maximum atomic E-state index is 13.1. The first-order chi connectivity index (χ1) is 14.6. The van der Waals surface area contributed by atoms with Gasteiger partial charge in [-0.2, -0.15) is 17.9 Å². The van der Waals surface area contributed by atoms with Crippen molar-refractivity contribution < 1.29 is 27.5 Å². The standard InChI is InChI=1S/C18H13ClF4N6O2/c1-9(26-16(31)11-3-2-4-12(14(11)19)18(21,22)23)15-13(5-6-30)29(28-27-15)17-24-7-10(20)8-25-17/h2-4,7-8,30H,5-6H2,1H3/b26-9+. The Bertz CT molecular complexity index is 1140. The highest BCUT2D eigenvalue weighted by atomic mass is 35.5. The lowest BCUT2D eigenvalue weighted by Crippen LogP contribution is -2.12. The molecule has 2 heterocycles. The van der Waals surface area contributed by atoms with Crippen LogP contribution < -0.4 is 0 Å². The fourth-order valence-corrected chi connectivity index (χ4v) is 2.98. The van der Waals surface area contributed by atoms with E-state index < -0.39 is 34.1 Å². The molecule has 31 heavy (non-hydrogen) atoms. The van der Waals surface area contributed by atoms with Gasteiger partial charge < -0.3 is 5.11 Å². The van der Waals surface area contributed by atoms with Crippen molar-refractivity contribution in [2.24, 2.45) is 4.99 Å². The van der Waals surface area contributed by atoms with E-state index in [1.165, 1.54) is 6.92 Å².